The second kappa shape index (κ2) is 4.09. The highest BCUT2D eigenvalue weighted by Crippen LogP contribution is 2.65. The van der Waals surface area contributed by atoms with Crippen LogP contribution in [0, 0.1) is 23.2 Å². The van der Waals surface area contributed by atoms with E-state index < -0.39 is 5.41 Å². The van der Waals surface area contributed by atoms with Gasteiger partial charge in [-0.05, 0) is 68.6 Å². The number of hydrogen-bond donors (Lipinski definition) is 1. The van der Waals surface area contributed by atoms with Crippen LogP contribution in [0.25, 0.3) is 0 Å². The van der Waals surface area contributed by atoms with Gasteiger partial charge < -0.3 is 5.73 Å². The molecule has 3 aliphatic carbocycles. The quantitative estimate of drug-likeness (QED) is 0.764. The Bertz CT molecular complexity index is 580. The third kappa shape index (κ3) is 1.32. The Morgan fingerprint density at radius 2 is 1.90 bits per heavy atom. The molecule has 2 N–H and O–H groups in total. The number of primary amides is 1. The molecule has 2 nitrogen and oxygen atoms in total. The molecule has 20 heavy (non-hydrogen) atoms. The average Bonchev–Trinajstić information content (AvgIpc) is 3.02. The molecule has 4 unspecified atom stereocenters. The van der Waals surface area contributed by atoms with Gasteiger partial charge in [0.25, 0.3) is 0 Å². The van der Waals surface area contributed by atoms with Crippen LogP contribution >= 0.6 is 0 Å². The molecule has 0 spiro atoms. The molecule has 3 rings (SSSR count). The van der Waals surface area contributed by atoms with Crippen LogP contribution in [0.4, 0.5) is 0 Å². The zero-order valence-electron chi connectivity index (χ0n) is 13.0. The van der Waals surface area contributed by atoms with Crippen molar-refractivity contribution in [3.8, 4) is 0 Å². The van der Waals surface area contributed by atoms with Gasteiger partial charge in [-0.3, -0.25) is 4.79 Å². The summed E-state index contributed by atoms with van der Waals surface area (Å²) in [6.07, 6.45) is 3.40. The SMILES string of the molecule is C=C1C2CCC(C2)C1(C(N)=O)C1=C(C)C(C)=C(C)C1C. The van der Waals surface area contributed by atoms with Crippen molar-refractivity contribution in [1.82, 2.24) is 0 Å². The van der Waals surface area contributed by atoms with Crippen molar-refractivity contribution >= 4 is 5.91 Å². The molecule has 0 aromatic heterocycles. The second-order valence-corrected chi connectivity index (χ2v) is 6.97. The van der Waals surface area contributed by atoms with Crippen molar-refractivity contribution in [2.75, 3.05) is 0 Å². The van der Waals surface area contributed by atoms with Gasteiger partial charge in [-0.1, -0.05) is 24.6 Å². The van der Waals surface area contributed by atoms with Crippen molar-refractivity contribution in [3.63, 3.8) is 0 Å². The molecule has 1 amide bonds. The van der Waals surface area contributed by atoms with E-state index in [1.54, 1.807) is 0 Å². The first-order valence-corrected chi connectivity index (χ1v) is 7.71. The minimum atomic E-state index is -0.564. The number of carbonyl (C=O) groups is 1. The molecule has 0 aromatic rings. The van der Waals surface area contributed by atoms with Crippen LogP contribution in [0.1, 0.15) is 47.0 Å². The summed E-state index contributed by atoms with van der Waals surface area (Å²) in [6, 6.07) is 0. The van der Waals surface area contributed by atoms with Gasteiger partial charge in [0.15, 0.2) is 0 Å². The molecule has 2 bridgehead atoms. The molecule has 4 atom stereocenters. The van der Waals surface area contributed by atoms with Crippen LogP contribution in [-0.4, -0.2) is 5.91 Å². The third-order valence-corrected chi connectivity index (χ3v) is 6.50. The van der Waals surface area contributed by atoms with Gasteiger partial charge in [0.1, 0.15) is 0 Å². The maximum absolute atomic E-state index is 12.5. The van der Waals surface area contributed by atoms with E-state index in [2.05, 4.69) is 34.3 Å². The van der Waals surface area contributed by atoms with Gasteiger partial charge >= 0.3 is 0 Å². The average molecular weight is 271 g/mol. The summed E-state index contributed by atoms with van der Waals surface area (Å²) in [4.78, 5) is 12.5. The topological polar surface area (TPSA) is 43.1 Å². The second-order valence-electron chi connectivity index (χ2n) is 6.97. The van der Waals surface area contributed by atoms with Crippen LogP contribution in [-0.2, 0) is 4.79 Å². The third-order valence-electron chi connectivity index (χ3n) is 6.50. The Kier molecular flexibility index (Phi) is 2.80. The molecule has 0 saturated heterocycles. The molecule has 2 saturated carbocycles. The molecule has 0 aromatic carbocycles. The van der Waals surface area contributed by atoms with E-state index in [-0.39, 0.29) is 5.91 Å². The van der Waals surface area contributed by atoms with Crippen LogP contribution < -0.4 is 5.73 Å². The Morgan fingerprint density at radius 3 is 2.30 bits per heavy atom. The molecule has 0 radical (unpaired) electrons. The van der Waals surface area contributed by atoms with Crippen molar-refractivity contribution < 1.29 is 4.79 Å². The standard InChI is InChI=1S/C18H25NO/c1-9-10(2)12(4)16(11(9)3)18(17(19)20)13(5)14-6-7-15(18)8-14/h11,14-15H,5-8H2,1-4H3,(H2,19,20). The fourth-order valence-corrected chi connectivity index (χ4v) is 5.16. The lowest BCUT2D eigenvalue weighted by Crippen LogP contribution is -2.45. The highest BCUT2D eigenvalue weighted by molar-refractivity contribution is 5.90. The van der Waals surface area contributed by atoms with E-state index in [1.807, 2.05) is 0 Å². The largest absolute Gasteiger partial charge is 0.369 e. The molecular weight excluding hydrogens is 246 g/mol. The maximum Gasteiger partial charge on any atom is 0.232 e. The van der Waals surface area contributed by atoms with Crippen LogP contribution in [0.3, 0.4) is 0 Å². The van der Waals surface area contributed by atoms with Crippen molar-refractivity contribution in [2.24, 2.45) is 28.9 Å². The van der Waals surface area contributed by atoms with Crippen molar-refractivity contribution in [2.45, 2.75) is 47.0 Å². The van der Waals surface area contributed by atoms with Crippen LogP contribution in [0.15, 0.2) is 34.4 Å². The van der Waals surface area contributed by atoms with Gasteiger partial charge in [-0.25, -0.2) is 0 Å². The maximum atomic E-state index is 12.5. The number of hydrogen-bond acceptors (Lipinski definition) is 1. The number of allylic oxidation sites excluding steroid dienone is 3. The zero-order valence-corrected chi connectivity index (χ0v) is 13.0. The normalized spacial score (nSPS) is 40.2. The first kappa shape index (κ1) is 13.7. The molecule has 2 heteroatoms. The highest BCUT2D eigenvalue weighted by Gasteiger charge is 2.61. The number of carbonyl (C=O) groups excluding carboxylic acids is 1. The fraction of sp³-hybridized carbons (Fsp3) is 0.611. The lowest BCUT2D eigenvalue weighted by atomic mass is 9.61. The summed E-state index contributed by atoms with van der Waals surface area (Å²) < 4.78 is 0. The molecular formula is C18H25NO. The lowest BCUT2D eigenvalue weighted by Gasteiger charge is -2.41. The molecule has 0 heterocycles. The summed E-state index contributed by atoms with van der Waals surface area (Å²) in [7, 11) is 0. The number of fused-ring (bicyclic) bond motifs is 2. The minimum absolute atomic E-state index is 0.168. The van der Waals surface area contributed by atoms with E-state index in [1.165, 1.54) is 28.7 Å². The predicted octanol–water partition coefficient (Wildman–Crippen LogP) is 3.75. The van der Waals surface area contributed by atoms with E-state index in [0.717, 1.165) is 18.4 Å². The van der Waals surface area contributed by atoms with Crippen LogP contribution in [0.2, 0.25) is 0 Å². The smallest absolute Gasteiger partial charge is 0.232 e. The zero-order chi connectivity index (χ0) is 14.8. The van der Waals surface area contributed by atoms with E-state index in [4.69, 9.17) is 5.73 Å². The van der Waals surface area contributed by atoms with E-state index in [0.29, 0.717) is 17.8 Å². The summed E-state index contributed by atoms with van der Waals surface area (Å²) >= 11 is 0. The Hall–Kier alpha value is -1.31. The summed E-state index contributed by atoms with van der Waals surface area (Å²) in [6.45, 7) is 13.0. The number of rotatable bonds is 2. The monoisotopic (exact) mass is 271 g/mol. The van der Waals surface area contributed by atoms with Crippen molar-refractivity contribution in [1.29, 1.82) is 0 Å². The fourth-order valence-electron chi connectivity index (χ4n) is 5.16. The first-order chi connectivity index (χ1) is 9.33. The van der Waals surface area contributed by atoms with Gasteiger partial charge in [0.2, 0.25) is 5.91 Å². The highest BCUT2D eigenvalue weighted by atomic mass is 16.1. The van der Waals surface area contributed by atoms with Crippen molar-refractivity contribution in [3.05, 3.63) is 34.4 Å². The Morgan fingerprint density at radius 1 is 1.25 bits per heavy atom. The molecule has 0 aliphatic heterocycles. The molecule has 108 valence electrons. The lowest BCUT2D eigenvalue weighted by molar-refractivity contribution is -0.126. The van der Waals surface area contributed by atoms with Gasteiger partial charge in [-0.2, -0.15) is 0 Å². The Balaban J connectivity index is 2.21. The van der Waals surface area contributed by atoms with Crippen LogP contribution in [0.5, 0.6) is 0 Å². The first-order valence-electron chi connectivity index (χ1n) is 7.71. The van der Waals surface area contributed by atoms with Gasteiger partial charge in [-0.15, -0.1) is 0 Å². The minimum Gasteiger partial charge on any atom is -0.369 e. The summed E-state index contributed by atoms with van der Waals surface area (Å²) in [5.41, 5.74) is 11.8. The molecule has 3 aliphatic rings. The summed E-state index contributed by atoms with van der Waals surface area (Å²) in [5.74, 6) is 1.03. The number of nitrogens with two attached hydrogens (primary N) is 1. The summed E-state index contributed by atoms with van der Waals surface area (Å²) in [5, 5.41) is 0. The Labute approximate surface area is 121 Å². The van der Waals surface area contributed by atoms with Gasteiger partial charge in [0.05, 0.1) is 5.41 Å². The van der Waals surface area contributed by atoms with Gasteiger partial charge in [0, 0.05) is 5.92 Å². The van der Waals surface area contributed by atoms with E-state index in [9.17, 15) is 4.79 Å². The predicted molar refractivity (Wildman–Crippen MR) is 81.8 cm³/mol. The molecule has 2 fully saturated rings. The van der Waals surface area contributed by atoms with E-state index >= 15 is 0 Å². The number of amides is 1.